The van der Waals surface area contributed by atoms with E-state index in [0.717, 1.165) is 4.90 Å². The minimum Gasteiger partial charge on any atom is -0.494 e. The van der Waals surface area contributed by atoms with E-state index in [9.17, 15) is 19.7 Å². The summed E-state index contributed by atoms with van der Waals surface area (Å²) in [6.45, 7) is 1.44. The van der Waals surface area contributed by atoms with Gasteiger partial charge in [-0.15, -0.1) is 11.8 Å². The van der Waals surface area contributed by atoms with Gasteiger partial charge in [-0.25, -0.2) is 4.79 Å². The Balaban J connectivity index is 2.09. The number of nitro groups is 1. The van der Waals surface area contributed by atoms with E-state index in [4.69, 9.17) is 9.47 Å². The van der Waals surface area contributed by atoms with Crippen molar-refractivity contribution in [3.05, 3.63) is 58.1 Å². The fraction of sp³-hybridized carbons (Fsp3) is 0.222. The zero-order valence-electron chi connectivity index (χ0n) is 14.9. The number of nitrogens with zero attached hydrogens (tertiary/aromatic N) is 1. The average Bonchev–Trinajstić information content (AvgIpc) is 2.67. The number of hydrogen-bond acceptors (Lipinski definition) is 7. The maximum Gasteiger partial charge on any atom is 0.340 e. The van der Waals surface area contributed by atoms with Crippen molar-refractivity contribution < 1.29 is 24.0 Å². The molecule has 0 fully saturated rings. The Labute approximate surface area is 160 Å². The first-order valence-electron chi connectivity index (χ1n) is 7.84. The number of nitrogens with one attached hydrogen (secondary N) is 1. The molecule has 2 rings (SSSR count). The topological polar surface area (TPSA) is 108 Å². The van der Waals surface area contributed by atoms with Gasteiger partial charge in [0.25, 0.3) is 11.6 Å². The Bertz CT molecular complexity index is 871. The molecular formula is C18H18N2O6S. The Morgan fingerprint density at radius 2 is 1.93 bits per heavy atom. The highest BCUT2D eigenvalue weighted by atomic mass is 32.2. The lowest BCUT2D eigenvalue weighted by Gasteiger charge is -2.16. The smallest absolute Gasteiger partial charge is 0.340 e. The molecule has 2 aromatic carbocycles. The quantitative estimate of drug-likeness (QED) is 0.333. The van der Waals surface area contributed by atoms with Crippen LogP contribution in [0.4, 0.5) is 11.4 Å². The Morgan fingerprint density at radius 1 is 1.22 bits per heavy atom. The summed E-state index contributed by atoms with van der Waals surface area (Å²) in [7, 11) is 1.33. The van der Waals surface area contributed by atoms with Crippen LogP contribution in [0.15, 0.2) is 47.4 Å². The van der Waals surface area contributed by atoms with Crippen molar-refractivity contribution in [2.24, 2.45) is 0 Å². The van der Waals surface area contributed by atoms with Gasteiger partial charge < -0.3 is 14.8 Å². The third kappa shape index (κ3) is 4.98. The summed E-state index contributed by atoms with van der Waals surface area (Å²) in [5, 5.41) is 13.4. The number of methoxy groups -OCH3 is 1. The number of benzene rings is 2. The first-order chi connectivity index (χ1) is 12.9. The highest BCUT2D eigenvalue weighted by molar-refractivity contribution is 7.98. The SMILES string of the molecule is COc1cc([N+](=O)[O-])ccc1NC(=O)[C@H](C)OC(=O)c1ccccc1SC. The van der Waals surface area contributed by atoms with Crippen molar-refractivity contribution in [2.45, 2.75) is 17.9 Å². The van der Waals surface area contributed by atoms with Crippen LogP contribution in [-0.4, -0.2) is 36.3 Å². The lowest BCUT2D eigenvalue weighted by atomic mass is 10.2. The fourth-order valence-corrected chi connectivity index (χ4v) is 2.81. The number of carbonyl (C=O) groups excluding carboxylic acids is 2. The van der Waals surface area contributed by atoms with E-state index >= 15 is 0 Å². The molecule has 0 aliphatic heterocycles. The normalized spacial score (nSPS) is 11.4. The van der Waals surface area contributed by atoms with Crippen molar-refractivity contribution >= 4 is 35.0 Å². The highest BCUT2D eigenvalue weighted by Gasteiger charge is 2.22. The Hall–Kier alpha value is -3.07. The predicted octanol–water partition coefficient (Wildman–Crippen LogP) is 3.51. The molecule has 0 bridgehead atoms. The summed E-state index contributed by atoms with van der Waals surface area (Å²) < 4.78 is 10.3. The van der Waals surface area contributed by atoms with Gasteiger partial charge in [0.2, 0.25) is 0 Å². The molecule has 0 aliphatic carbocycles. The standard InChI is InChI=1S/C18H18N2O6S/c1-11(26-18(22)13-6-4-5-7-16(13)27-3)17(21)19-14-9-8-12(20(23)24)10-15(14)25-2/h4-11H,1-3H3,(H,19,21)/t11-/m0/s1. The molecule has 0 aliphatic rings. The second-order valence-electron chi connectivity index (χ2n) is 5.38. The number of nitro benzene ring substituents is 1. The number of amides is 1. The van der Waals surface area contributed by atoms with Crippen LogP contribution >= 0.6 is 11.8 Å². The van der Waals surface area contributed by atoms with Gasteiger partial charge >= 0.3 is 5.97 Å². The fourth-order valence-electron chi connectivity index (χ4n) is 2.22. The van der Waals surface area contributed by atoms with Gasteiger partial charge in [-0.3, -0.25) is 14.9 Å². The molecule has 0 unspecified atom stereocenters. The van der Waals surface area contributed by atoms with E-state index in [2.05, 4.69) is 5.32 Å². The summed E-state index contributed by atoms with van der Waals surface area (Å²) in [5.41, 5.74) is 0.441. The van der Waals surface area contributed by atoms with Crippen LogP contribution in [-0.2, 0) is 9.53 Å². The van der Waals surface area contributed by atoms with Crippen molar-refractivity contribution in [3.63, 3.8) is 0 Å². The minimum atomic E-state index is -1.08. The van der Waals surface area contributed by atoms with Crippen LogP contribution in [0, 0.1) is 10.1 Å². The Morgan fingerprint density at radius 3 is 2.56 bits per heavy atom. The van der Waals surface area contributed by atoms with Gasteiger partial charge in [-0.05, 0) is 31.4 Å². The third-order valence-corrected chi connectivity index (χ3v) is 4.43. The number of non-ortho nitro benzene ring substituents is 1. The maximum absolute atomic E-state index is 12.3. The lowest BCUT2D eigenvalue weighted by Crippen LogP contribution is -2.30. The summed E-state index contributed by atoms with van der Waals surface area (Å²) >= 11 is 1.40. The maximum atomic E-state index is 12.3. The second kappa shape index (κ2) is 9.04. The molecule has 1 atom stereocenters. The van der Waals surface area contributed by atoms with Crippen molar-refractivity contribution in [2.75, 3.05) is 18.7 Å². The van der Waals surface area contributed by atoms with Crippen LogP contribution in [0.1, 0.15) is 17.3 Å². The molecule has 0 radical (unpaired) electrons. The van der Waals surface area contributed by atoms with Crippen molar-refractivity contribution in [1.82, 2.24) is 0 Å². The van der Waals surface area contributed by atoms with Crippen LogP contribution < -0.4 is 10.1 Å². The highest BCUT2D eigenvalue weighted by Crippen LogP contribution is 2.29. The number of anilines is 1. The van der Waals surface area contributed by atoms with Crippen molar-refractivity contribution in [3.8, 4) is 5.75 Å². The molecule has 2 aromatic rings. The van der Waals surface area contributed by atoms with Crippen LogP contribution in [0.5, 0.6) is 5.75 Å². The number of thioether (sulfide) groups is 1. The zero-order valence-corrected chi connectivity index (χ0v) is 15.7. The number of hydrogen-bond donors (Lipinski definition) is 1. The van der Waals surface area contributed by atoms with E-state index in [-0.39, 0.29) is 17.1 Å². The van der Waals surface area contributed by atoms with Crippen LogP contribution in [0.25, 0.3) is 0 Å². The predicted molar refractivity (Wildman–Crippen MR) is 101 cm³/mol. The lowest BCUT2D eigenvalue weighted by molar-refractivity contribution is -0.384. The van der Waals surface area contributed by atoms with E-state index < -0.39 is 22.9 Å². The van der Waals surface area contributed by atoms with Gasteiger partial charge in [0.05, 0.1) is 29.4 Å². The second-order valence-corrected chi connectivity index (χ2v) is 6.23. The molecule has 0 spiro atoms. The van der Waals surface area contributed by atoms with E-state index in [1.54, 1.807) is 24.3 Å². The molecular weight excluding hydrogens is 372 g/mol. The summed E-state index contributed by atoms with van der Waals surface area (Å²) in [6.07, 6.45) is 0.760. The molecule has 8 nitrogen and oxygen atoms in total. The van der Waals surface area contributed by atoms with Gasteiger partial charge in [0.15, 0.2) is 6.10 Å². The van der Waals surface area contributed by atoms with Crippen LogP contribution in [0.2, 0.25) is 0 Å². The van der Waals surface area contributed by atoms with Crippen LogP contribution in [0.3, 0.4) is 0 Å². The molecule has 1 N–H and O–H groups in total. The molecule has 142 valence electrons. The zero-order chi connectivity index (χ0) is 20.0. The van der Waals surface area contributed by atoms with Gasteiger partial charge in [-0.1, -0.05) is 12.1 Å². The Kier molecular flexibility index (Phi) is 6.78. The molecule has 27 heavy (non-hydrogen) atoms. The van der Waals surface area contributed by atoms with Gasteiger partial charge in [0.1, 0.15) is 5.75 Å². The number of ether oxygens (including phenoxy) is 2. The molecule has 0 aromatic heterocycles. The molecule has 1 amide bonds. The molecule has 0 saturated heterocycles. The third-order valence-electron chi connectivity index (χ3n) is 3.63. The molecule has 0 heterocycles. The molecule has 0 saturated carbocycles. The average molecular weight is 390 g/mol. The molecule has 9 heteroatoms. The summed E-state index contributed by atoms with van der Waals surface area (Å²) in [5.74, 6) is -1.07. The van der Waals surface area contributed by atoms with Crippen molar-refractivity contribution in [1.29, 1.82) is 0 Å². The van der Waals surface area contributed by atoms with E-state index in [1.807, 2.05) is 6.26 Å². The summed E-state index contributed by atoms with van der Waals surface area (Å²) in [4.78, 5) is 35.7. The van der Waals surface area contributed by atoms with Gasteiger partial charge in [0, 0.05) is 11.0 Å². The largest absolute Gasteiger partial charge is 0.494 e. The minimum absolute atomic E-state index is 0.129. The van der Waals surface area contributed by atoms with E-state index in [0.29, 0.717) is 5.56 Å². The number of carbonyl (C=O) groups is 2. The summed E-state index contributed by atoms with van der Waals surface area (Å²) in [6, 6.07) is 10.7. The first-order valence-corrected chi connectivity index (χ1v) is 9.07. The number of rotatable bonds is 7. The van der Waals surface area contributed by atoms with E-state index in [1.165, 1.54) is 44.0 Å². The monoisotopic (exact) mass is 390 g/mol. The van der Waals surface area contributed by atoms with Gasteiger partial charge in [-0.2, -0.15) is 0 Å². The first kappa shape index (κ1) is 20.2. The number of esters is 1.